The van der Waals surface area contributed by atoms with E-state index in [1.54, 1.807) is 0 Å². The van der Waals surface area contributed by atoms with Crippen molar-refractivity contribution in [3.8, 4) is 0 Å². The van der Waals surface area contributed by atoms with Crippen LogP contribution in [0.5, 0.6) is 0 Å². The predicted molar refractivity (Wildman–Crippen MR) is 44.5 cm³/mol. The van der Waals surface area contributed by atoms with Crippen molar-refractivity contribution in [1.29, 1.82) is 0 Å². The Morgan fingerprint density at radius 2 is 1.83 bits per heavy atom. The van der Waals surface area contributed by atoms with E-state index < -0.39 is 8.25 Å². The van der Waals surface area contributed by atoms with Gasteiger partial charge in [-0.25, -0.2) is 0 Å². The average molecular weight is 231 g/mol. The Morgan fingerprint density at radius 1 is 1.25 bits per heavy atom. The molecule has 5 heteroatoms. The molecule has 0 radical (unpaired) electrons. The van der Waals surface area contributed by atoms with Gasteiger partial charge in [-0.2, -0.15) is 0 Å². The fourth-order valence-corrected chi connectivity index (χ4v) is 1.13. The first-order valence-electron chi connectivity index (χ1n) is 4.06. The maximum atomic E-state index is 10.0. The minimum absolute atomic E-state index is 0. The Bertz CT molecular complexity index is 111. The van der Waals surface area contributed by atoms with Crippen molar-refractivity contribution in [1.82, 2.24) is 0 Å². The zero-order valence-electron chi connectivity index (χ0n) is 7.36. The molecule has 0 aliphatic heterocycles. The van der Waals surface area contributed by atoms with Gasteiger partial charge in [-0.3, -0.25) is 0 Å². The molecule has 3 nitrogen and oxygen atoms in total. The molecule has 1 N–H and O–H groups in total. The summed E-state index contributed by atoms with van der Waals surface area (Å²) in [6.07, 6.45) is 5.64. The van der Waals surface area contributed by atoms with E-state index in [-0.39, 0.29) is 17.4 Å². The normalized spacial score (nSPS) is 10.7. The molecule has 0 saturated heterocycles. The Balaban J connectivity index is 0. The van der Waals surface area contributed by atoms with Gasteiger partial charge in [0.2, 0.25) is 0 Å². The maximum Gasteiger partial charge on any atom is 0.694 e. The van der Waals surface area contributed by atoms with Crippen molar-refractivity contribution >= 4 is 8.25 Å². The molecular formula is C7H16CrO3P+. The molecule has 0 rings (SSSR count). The van der Waals surface area contributed by atoms with Gasteiger partial charge in [0.05, 0.1) is 0 Å². The second-order valence-corrected chi connectivity index (χ2v) is 3.22. The van der Waals surface area contributed by atoms with Crippen LogP contribution in [0.3, 0.4) is 0 Å². The first-order valence-corrected chi connectivity index (χ1v) is 5.19. The zero-order chi connectivity index (χ0) is 8.53. The van der Waals surface area contributed by atoms with Crippen LogP contribution in [0.1, 0.15) is 39.0 Å². The summed E-state index contributed by atoms with van der Waals surface area (Å²) in [6, 6.07) is 0. The van der Waals surface area contributed by atoms with Crippen molar-refractivity contribution in [2.45, 2.75) is 39.0 Å². The van der Waals surface area contributed by atoms with Gasteiger partial charge in [0, 0.05) is 21.9 Å². The minimum Gasteiger partial charge on any atom is -0.133 e. The van der Waals surface area contributed by atoms with Crippen LogP contribution in [0.15, 0.2) is 0 Å². The number of rotatable bonds is 7. The first kappa shape index (κ1) is 15.0. The fourth-order valence-electron chi connectivity index (χ4n) is 0.848. The van der Waals surface area contributed by atoms with Crippen LogP contribution in [0, 0.1) is 0 Å². The zero-order valence-corrected chi connectivity index (χ0v) is 9.53. The third-order valence-electron chi connectivity index (χ3n) is 1.45. The standard InChI is InChI=1S/C7H15O3P.Cr/c1-2-3-4-5-6-7-10-11(8)9;/h2-7H2,1H3;/p+1. The molecule has 0 spiro atoms. The predicted octanol–water partition coefficient (Wildman–Crippen LogP) is 2.62. The van der Waals surface area contributed by atoms with Crippen LogP contribution in [0.25, 0.3) is 0 Å². The van der Waals surface area contributed by atoms with Crippen molar-refractivity contribution in [3.63, 3.8) is 0 Å². The van der Waals surface area contributed by atoms with Gasteiger partial charge >= 0.3 is 8.25 Å². The van der Waals surface area contributed by atoms with Crippen LogP contribution < -0.4 is 0 Å². The van der Waals surface area contributed by atoms with E-state index >= 15 is 0 Å². The molecule has 1 unspecified atom stereocenters. The van der Waals surface area contributed by atoms with Crippen molar-refractivity contribution < 1.29 is 31.3 Å². The van der Waals surface area contributed by atoms with Crippen LogP contribution in [-0.4, -0.2) is 11.5 Å². The summed E-state index contributed by atoms with van der Waals surface area (Å²) < 4.78 is 14.5. The first-order chi connectivity index (χ1) is 5.27. The Morgan fingerprint density at radius 3 is 2.33 bits per heavy atom. The van der Waals surface area contributed by atoms with E-state index in [9.17, 15) is 4.57 Å². The summed E-state index contributed by atoms with van der Waals surface area (Å²) in [4.78, 5) is 8.24. The number of hydrogen-bond acceptors (Lipinski definition) is 2. The van der Waals surface area contributed by atoms with E-state index in [1.165, 1.54) is 19.3 Å². The third-order valence-corrected chi connectivity index (χ3v) is 1.85. The second-order valence-electron chi connectivity index (χ2n) is 2.49. The molecule has 0 fully saturated rings. The van der Waals surface area contributed by atoms with E-state index in [0.29, 0.717) is 6.61 Å². The summed E-state index contributed by atoms with van der Waals surface area (Å²) in [5.41, 5.74) is 0. The van der Waals surface area contributed by atoms with Crippen LogP contribution in [0.2, 0.25) is 0 Å². The monoisotopic (exact) mass is 231 g/mol. The van der Waals surface area contributed by atoms with E-state index in [1.807, 2.05) is 0 Å². The third kappa shape index (κ3) is 13.2. The maximum absolute atomic E-state index is 10.0. The molecule has 0 aromatic rings. The van der Waals surface area contributed by atoms with Gasteiger partial charge in [0.25, 0.3) is 0 Å². The molecule has 0 aromatic carbocycles. The quantitative estimate of drug-likeness (QED) is 0.541. The molecule has 0 saturated carbocycles. The fraction of sp³-hybridized carbons (Fsp3) is 1.00. The molecule has 12 heavy (non-hydrogen) atoms. The number of hydrogen-bond donors (Lipinski definition) is 1. The van der Waals surface area contributed by atoms with Crippen molar-refractivity contribution in [3.05, 3.63) is 0 Å². The molecular weight excluding hydrogens is 215 g/mol. The summed E-state index contributed by atoms with van der Waals surface area (Å²) >= 11 is 0. The summed E-state index contributed by atoms with van der Waals surface area (Å²) in [5.74, 6) is 0. The van der Waals surface area contributed by atoms with Crippen molar-refractivity contribution in [2.24, 2.45) is 0 Å². The molecule has 0 aliphatic carbocycles. The smallest absolute Gasteiger partial charge is 0.133 e. The summed E-state index contributed by atoms with van der Waals surface area (Å²) in [7, 11) is -2.37. The second kappa shape index (κ2) is 11.6. The van der Waals surface area contributed by atoms with Crippen LogP contribution in [-0.2, 0) is 26.4 Å². The van der Waals surface area contributed by atoms with Gasteiger partial charge in [-0.15, -0.1) is 9.42 Å². The Labute approximate surface area is 85.6 Å². The van der Waals surface area contributed by atoms with Gasteiger partial charge in [0.1, 0.15) is 6.61 Å². The van der Waals surface area contributed by atoms with E-state index in [2.05, 4.69) is 11.4 Å². The Hall–Kier alpha value is 0.552. The van der Waals surface area contributed by atoms with Gasteiger partial charge in [-0.05, 0) is 6.42 Å². The molecule has 0 amide bonds. The minimum atomic E-state index is -2.37. The van der Waals surface area contributed by atoms with Gasteiger partial charge < -0.3 is 0 Å². The topological polar surface area (TPSA) is 46.5 Å². The molecule has 72 valence electrons. The Kier molecular flexibility index (Phi) is 14.5. The average Bonchev–Trinajstić information content (AvgIpc) is 1.96. The molecule has 0 heterocycles. The van der Waals surface area contributed by atoms with Crippen LogP contribution in [0.4, 0.5) is 0 Å². The molecule has 0 aromatic heterocycles. The van der Waals surface area contributed by atoms with E-state index in [0.717, 1.165) is 12.8 Å². The van der Waals surface area contributed by atoms with Crippen LogP contribution >= 0.6 is 8.25 Å². The molecule has 0 bridgehead atoms. The molecule has 1 atom stereocenters. The molecule has 0 aliphatic rings. The van der Waals surface area contributed by atoms with Gasteiger partial charge in [0.15, 0.2) is 0 Å². The SMILES string of the molecule is CCCCCCCO[P+](=O)O.[Cr]. The summed E-state index contributed by atoms with van der Waals surface area (Å²) in [5, 5.41) is 0. The van der Waals surface area contributed by atoms with E-state index in [4.69, 9.17) is 4.89 Å². The summed E-state index contributed by atoms with van der Waals surface area (Å²) in [6.45, 7) is 2.57. The van der Waals surface area contributed by atoms with Crippen molar-refractivity contribution in [2.75, 3.05) is 6.61 Å². The largest absolute Gasteiger partial charge is 0.694 e. The van der Waals surface area contributed by atoms with Gasteiger partial charge in [-0.1, -0.05) is 32.6 Å². The number of unbranched alkanes of at least 4 members (excludes halogenated alkanes) is 4.